The minimum absolute atomic E-state index is 0.477. The van der Waals surface area contributed by atoms with Gasteiger partial charge in [-0.15, -0.1) is 0 Å². The molecule has 1 atom stereocenters. The summed E-state index contributed by atoms with van der Waals surface area (Å²) in [6, 6.07) is 0. The summed E-state index contributed by atoms with van der Waals surface area (Å²) in [5.74, 6) is 0. The van der Waals surface area contributed by atoms with Crippen molar-refractivity contribution >= 4 is 0 Å². The second-order valence-electron chi connectivity index (χ2n) is 2.90. The molecule has 0 heterocycles. The first-order chi connectivity index (χ1) is 5.26. The fourth-order valence-electron chi connectivity index (χ4n) is 1.23. The van der Waals surface area contributed by atoms with Crippen LogP contribution in [0.2, 0.25) is 0 Å². The molecule has 0 saturated carbocycles. The topological polar surface area (TPSA) is 23.1 Å². The third-order valence-corrected chi connectivity index (χ3v) is 1.78. The Hall–Kier alpha value is -0.0800. The van der Waals surface area contributed by atoms with Crippen LogP contribution in [-0.4, -0.2) is 24.2 Å². The maximum atomic E-state index is 11.3. The minimum Gasteiger partial charge on any atom is -0.276 e. The van der Waals surface area contributed by atoms with E-state index in [2.05, 4.69) is 13.8 Å². The van der Waals surface area contributed by atoms with E-state index in [0.29, 0.717) is 0 Å². The lowest BCUT2D eigenvalue weighted by Crippen LogP contribution is -2.34. The van der Waals surface area contributed by atoms with Crippen LogP contribution in [0.5, 0.6) is 0 Å². The van der Waals surface area contributed by atoms with E-state index in [1.165, 1.54) is 0 Å². The first kappa shape index (κ1) is 10.9. The highest BCUT2D eigenvalue weighted by molar-refractivity contribution is 4.58. The smallest absolute Gasteiger partial charge is 0.146 e. The minimum atomic E-state index is -0.477. The van der Waals surface area contributed by atoms with E-state index >= 15 is 0 Å². The van der Waals surface area contributed by atoms with Crippen molar-refractivity contribution in [2.45, 2.75) is 46.3 Å². The van der Waals surface area contributed by atoms with E-state index in [9.17, 15) is 5.11 Å². The Morgan fingerprint density at radius 1 is 1.09 bits per heavy atom. The lowest BCUT2D eigenvalue weighted by atomic mass is 10.3. The molecular weight excluding hydrogens is 138 g/mol. The summed E-state index contributed by atoms with van der Waals surface area (Å²) < 4.78 is 0. The average molecular weight is 158 g/mol. The summed E-state index contributed by atoms with van der Waals surface area (Å²) >= 11 is 0. The molecule has 0 rings (SSSR count). The Balaban J connectivity index is 3.66. The van der Waals surface area contributed by atoms with Gasteiger partial charge in [0.2, 0.25) is 0 Å². The molecule has 1 unspecified atom stereocenters. The molecular formula is C9H20NO. The molecule has 0 aromatic rings. The van der Waals surface area contributed by atoms with Gasteiger partial charge in [0.1, 0.15) is 6.23 Å². The molecule has 0 N–H and O–H groups in total. The predicted molar refractivity (Wildman–Crippen MR) is 46.9 cm³/mol. The van der Waals surface area contributed by atoms with Crippen LogP contribution in [-0.2, 0) is 5.11 Å². The van der Waals surface area contributed by atoms with Crippen molar-refractivity contribution in [1.29, 1.82) is 0 Å². The van der Waals surface area contributed by atoms with Crippen molar-refractivity contribution in [2.24, 2.45) is 0 Å². The number of rotatable bonds is 6. The summed E-state index contributed by atoms with van der Waals surface area (Å²) in [6.07, 6.45) is 2.41. The number of hydrogen-bond acceptors (Lipinski definition) is 1. The maximum absolute atomic E-state index is 11.3. The van der Waals surface area contributed by atoms with Crippen LogP contribution in [0.4, 0.5) is 0 Å². The van der Waals surface area contributed by atoms with E-state index in [4.69, 9.17) is 0 Å². The fraction of sp³-hybridized carbons (Fsp3) is 1.00. The first-order valence-corrected chi connectivity index (χ1v) is 4.66. The van der Waals surface area contributed by atoms with Gasteiger partial charge in [-0.05, 0) is 19.3 Å². The van der Waals surface area contributed by atoms with Crippen molar-refractivity contribution in [3.63, 3.8) is 0 Å². The second kappa shape index (κ2) is 6.62. The average Bonchev–Trinajstić information content (AvgIpc) is 2.03. The lowest BCUT2D eigenvalue weighted by Gasteiger charge is -2.24. The number of hydrogen-bond donors (Lipinski definition) is 0. The Morgan fingerprint density at radius 3 is 1.82 bits per heavy atom. The third-order valence-electron chi connectivity index (χ3n) is 1.78. The quantitative estimate of drug-likeness (QED) is 0.544. The van der Waals surface area contributed by atoms with Crippen LogP contribution >= 0.6 is 0 Å². The fourth-order valence-corrected chi connectivity index (χ4v) is 1.23. The van der Waals surface area contributed by atoms with Gasteiger partial charge in [0, 0.05) is 13.1 Å². The molecule has 1 radical (unpaired) electrons. The standard InChI is InChI=1S/C9H20NO/c1-4-7-10(8-5-2)9(11)6-3/h9H,4-8H2,1-3H3. The molecule has 0 bridgehead atoms. The normalized spacial score (nSPS) is 13.9. The van der Waals surface area contributed by atoms with Crippen LogP contribution < -0.4 is 0 Å². The molecule has 67 valence electrons. The second-order valence-corrected chi connectivity index (χ2v) is 2.90. The Kier molecular flexibility index (Phi) is 6.57. The van der Waals surface area contributed by atoms with E-state index < -0.39 is 6.23 Å². The van der Waals surface area contributed by atoms with Gasteiger partial charge in [-0.25, -0.2) is 5.11 Å². The van der Waals surface area contributed by atoms with Crippen molar-refractivity contribution in [3.8, 4) is 0 Å². The summed E-state index contributed by atoms with van der Waals surface area (Å²) in [7, 11) is 0. The van der Waals surface area contributed by atoms with Gasteiger partial charge in [0.15, 0.2) is 0 Å². The van der Waals surface area contributed by atoms with Crippen molar-refractivity contribution < 1.29 is 5.11 Å². The highest BCUT2D eigenvalue weighted by Crippen LogP contribution is 2.03. The Labute approximate surface area is 70.2 Å². The van der Waals surface area contributed by atoms with Crippen LogP contribution in [0.3, 0.4) is 0 Å². The molecule has 0 spiro atoms. The maximum Gasteiger partial charge on any atom is 0.146 e. The van der Waals surface area contributed by atoms with Gasteiger partial charge in [-0.3, -0.25) is 4.90 Å². The van der Waals surface area contributed by atoms with E-state index in [1.54, 1.807) is 0 Å². The van der Waals surface area contributed by atoms with Crippen LogP contribution in [0.25, 0.3) is 0 Å². The van der Waals surface area contributed by atoms with E-state index in [1.807, 2.05) is 11.8 Å². The summed E-state index contributed by atoms with van der Waals surface area (Å²) in [5.41, 5.74) is 0. The van der Waals surface area contributed by atoms with Gasteiger partial charge in [-0.1, -0.05) is 20.8 Å². The summed E-state index contributed by atoms with van der Waals surface area (Å²) in [5, 5.41) is 11.3. The Bertz CT molecular complexity index is 79.6. The highest BCUT2D eigenvalue weighted by Gasteiger charge is 2.12. The zero-order valence-electron chi connectivity index (χ0n) is 7.97. The van der Waals surface area contributed by atoms with Crippen LogP contribution in [0.1, 0.15) is 40.0 Å². The largest absolute Gasteiger partial charge is 0.276 e. The molecule has 0 saturated heterocycles. The number of nitrogens with zero attached hydrogens (tertiary/aromatic N) is 1. The van der Waals surface area contributed by atoms with Gasteiger partial charge >= 0.3 is 0 Å². The summed E-state index contributed by atoms with van der Waals surface area (Å²) in [4.78, 5) is 2.03. The van der Waals surface area contributed by atoms with Gasteiger partial charge in [0.25, 0.3) is 0 Å². The van der Waals surface area contributed by atoms with Crippen molar-refractivity contribution in [2.75, 3.05) is 13.1 Å². The molecule has 0 aliphatic heterocycles. The van der Waals surface area contributed by atoms with Gasteiger partial charge in [-0.2, -0.15) is 0 Å². The van der Waals surface area contributed by atoms with Crippen molar-refractivity contribution in [1.82, 2.24) is 4.90 Å². The monoisotopic (exact) mass is 158 g/mol. The predicted octanol–water partition coefficient (Wildman–Crippen LogP) is 2.28. The first-order valence-electron chi connectivity index (χ1n) is 4.66. The zero-order valence-corrected chi connectivity index (χ0v) is 7.97. The van der Waals surface area contributed by atoms with Crippen LogP contribution in [0.15, 0.2) is 0 Å². The molecule has 0 aliphatic rings. The third kappa shape index (κ3) is 4.38. The van der Waals surface area contributed by atoms with Gasteiger partial charge in [0.05, 0.1) is 0 Å². The molecule has 0 aliphatic carbocycles. The van der Waals surface area contributed by atoms with Crippen molar-refractivity contribution in [3.05, 3.63) is 0 Å². The lowest BCUT2D eigenvalue weighted by molar-refractivity contribution is -0.0504. The van der Waals surface area contributed by atoms with E-state index in [0.717, 1.165) is 32.4 Å². The van der Waals surface area contributed by atoms with Gasteiger partial charge < -0.3 is 0 Å². The molecule has 11 heavy (non-hydrogen) atoms. The molecule has 0 amide bonds. The molecule has 2 nitrogen and oxygen atoms in total. The Morgan fingerprint density at radius 2 is 1.55 bits per heavy atom. The van der Waals surface area contributed by atoms with E-state index in [-0.39, 0.29) is 0 Å². The molecule has 0 aromatic carbocycles. The van der Waals surface area contributed by atoms with Crippen LogP contribution in [0, 0.1) is 0 Å². The zero-order chi connectivity index (χ0) is 8.69. The molecule has 0 fully saturated rings. The molecule has 2 heteroatoms. The highest BCUT2D eigenvalue weighted by atomic mass is 16.3. The summed E-state index contributed by atoms with van der Waals surface area (Å²) in [6.45, 7) is 8.10. The molecule has 0 aromatic heterocycles. The SMILES string of the molecule is CCCN(CCC)C([O])CC.